The SMILES string of the molecule is CC.Cc1ccc(NC(=O)c2ccccc2NC(=O)c2ccc(-c3ccccc3CN(C)C)cc2C)nc1. The van der Waals surface area contributed by atoms with Crippen LogP contribution in [0.5, 0.6) is 0 Å². The van der Waals surface area contributed by atoms with Gasteiger partial charge < -0.3 is 15.5 Å². The number of aryl methyl sites for hydroxylation is 2. The number of amides is 2. The number of benzene rings is 3. The van der Waals surface area contributed by atoms with E-state index < -0.39 is 0 Å². The first-order chi connectivity index (χ1) is 18.3. The van der Waals surface area contributed by atoms with Gasteiger partial charge in [-0.1, -0.05) is 68.4 Å². The van der Waals surface area contributed by atoms with E-state index in [0.717, 1.165) is 28.8 Å². The molecule has 196 valence electrons. The summed E-state index contributed by atoms with van der Waals surface area (Å²) in [5.41, 5.74) is 6.65. The summed E-state index contributed by atoms with van der Waals surface area (Å²) in [7, 11) is 4.09. The number of carbonyl (C=O) groups is 2. The number of nitrogens with one attached hydrogen (secondary N) is 2. The van der Waals surface area contributed by atoms with Gasteiger partial charge in [-0.2, -0.15) is 0 Å². The molecular weight excluding hydrogens is 472 g/mol. The smallest absolute Gasteiger partial charge is 0.258 e. The van der Waals surface area contributed by atoms with Crippen molar-refractivity contribution >= 4 is 23.3 Å². The Morgan fingerprint density at radius 2 is 1.47 bits per heavy atom. The van der Waals surface area contributed by atoms with Gasteiger partial charge in [0.15, 0.2) is 0 Å². The Morgan fingerprint density at radius 3 is 2.16 bits per heavy atom. The van der Waals surface area contributed by atoms with Crippen LogP contribution in [0.4, 0.5) is 11.5 Å². The molecule has 0 aliphatic rings. The quantitative estimate of drug-likeness (QED) is 0.283. The second-order valence-corrected chi connectivity index (χ2v) is 9.10. The number of anilines is 2. The van der Waals surface area contributed by atoms with E-state index in [1.165, 1.54) is 5.56 Å². The fourth-order valence-electron chi connectivity index (χ4n) is 4.07. The predicted molar refractivity (Wildman–Crippen MR) is 157 cm³/mol. The number of pyridine rings is 1. The molecule has 0 bridgehead atoms. The Kier molecular flexibility index (Phi) is 9.91. The van der Waals surface area contributed by atoms with Crippen LogP contribution in [-0.2, 0) is 6.54 Å². The molecular formula is C32H36N4O2. The molecule has 3 aromatic carbocycles. The molecule has 0 unspecified atom stereocenters. The highest BCUT2D eigenvalue weighted by molar-refractivity contribution is 6.12. The highest BCUT2D eigenvalue weighted by Crippen LogP contribution is 2.27. The Morgan fingerprint density at radius 1 is 0.789 bits per heavy atom. The lowest BCUT2D eigenvalue weighted by atomic mass is 9.95. The van der Waals surface area contributed by atoms with Gasteiger partial charge in [-0.05, 0) is 80.0 Å². The fourth-order valence-corrected chi connectivity index (χ4v) is 4.07. The van der Waals surface area contributed by atoms with E-state index in [4.69, 9.17) is 0 Å². The van der Waals surface area contributed by atoms with Gasteiger partial charge in [-0.15, -0.1) is 0 Å². The highest BCUT2D eigenvalue weighted by Gasteiger charge is 2.17. The Hall–Kier alpha value is -4.29. The van der Waals surface area contributed by atoms with E-state index >= 15 is 0 Å². The topological polar surface area (TPSA) is 74.3 Å². The first kappa shape index (κ1) is 28.3. The molecule has 38 heavy (non-hydrogen) atoms. The molecule has 6 heteroatoms. The number of hydrogen-bond acceptors (Lipinski definition) is 4. The molecule has 1 heterocycles. The molecule has 0 saturated carbocycles. The van der Waals surface area contributed by atoms with E-state index in [1.807, 2.05) is 78.2 Å². The average Bonchev–Trinajstić information content (AvgIpc) is 2.91. The number of para-hydroxylation sites is 1. The highest BCUT2D eigenvalue weighted by atomic mass is 16.2. The van der Waals surface area contributed by atoms with Gasteiger partial charge in [0.05, 0.1) is 11.3 Å². The van der Waals surface area contributed by atoms with Crippen molar-refractivity contribution in [2.24, 2.45) is 0 Å². The van der Waals surface area contributed by atoms with Crippen LogP contribution in [-0.4, -0.2) is 35.8 Å². The van der Waals surface area contributed by atoms with Crippen LogP contribution in [0.25, 0.3) is 11.1 Å². The minimum atomic E-state index is -0.341. The van der Waals surface area contributed by atoms with Crippen LogP contribution < -0.4 is 10.6 Å². The van der Waals surface area contributed by atoms with Crippen molar-refractivity contribution in [3.8, 4) is 11.1 Å². The van der Waals surface area contributed by atoms with Gasteiger partial charge in [0.25, 0.3) is 11.8 Å². The second kappa shape index (κ2) is 13.3. The average molecular weight is 509 g/mol. The molecule has 0 spiro atoms. The van der Waals surface area contributed by atoms with Crippen molar-refractivity contribution < 1.29 is 9.59 Å². The Labute approximate surface area is 225 Å². The predicted octanol–water partition coefficient (Wildman–Crippen LogP) is 6.96. The molecule has 2 N–H and O–H groups in total. The van der Waals surface area contributed by atoms with Gasteiger partial charge in [-0.25, -0.2) is 4.98 Å². The number of aromatic nitrogens is 1. The third-order valence-electron chi connectivity index (χ3n) is 5.86. The van der Waals surface area contributed by atoms with Gasteiger partial charge in [-0.3, -0.25) is 9.59 Å². The number of hydrogen-bond donors (Lipinski definition) is 2. The molecule has 4 aromatic rings. The molecule has 0 radical (unpaired) electrons. The zero-order valence-electron chi connectivity index (χ0n) is 23.0. The molecule has 6 nitrogen and oxygen atoms in total. The van der Waals surface area contributed by atoms with Gasteiger partial charge >= 0.3 is 0 Å². The number of rotatable bonds is 7. The summed E-state index contributed by atoms with van der Waals surface area (Å²) < 4.78 is 0. The zero-order valence-corrected chi connectivity index (χ0v) is 23.0. The maximum atomic E-state index is 13.2. The van der Waals surface area contributed by atoms with Crippen LogP contribution in [0, 0.1) is 13.8 Å². The summed E-state index contributed by atoms with van der Waals surface area (Å²) >= 11 is 0. The summed E-state index contributed by atoms with van der Waals surface area (Å²) in [6.45, 7) is 8.68. The third kappa shape index (κ3) is 7.14. The molecule has 1 aromatic heterocycles. The second-order valence-electron chi connectivity index (χ2n) is 9.10. The largest absolute Gasteiger partial charge is 0.321 e. The first-order valence-electron chi connectivity index (χ1n) is 12.8. The van der Waals surface area contributed by atoms with Crippen molar-refractivity contribution in [2.45, 2.75) is 34.2 Å². The van der Waals surface area contributed by atoms with Crippen molar-refractivity contribution in [3.63, 3.8) is 0 Å². The van der Waals surface area contributed by atoms with E-state index in [-0.39, 0.29) is 11.8 Å². The van der Waals surface area contributed by atoms with Crippen LogP contribution in [0.2, 0.25) is 0 Å². The van der Waals surface area contributed by atoms with E-state index in [9.17, 15) is 9.59 Å². The molecule has 0 aliphatic carbocycles. The lowest BCUT2D eigenvalue weighted by Gasteiger charge is -2.16. The van der Waals surface area contributed by atoms with Crippen LogP contribution in [0.3, 0.4) is 0 Å². The Bertz CT molecular complexity index is 1390. The third-order valence-corrected chi connectivity index (χ3v) is 5.86. The van der Waals surface area contributed by atoms with Crippen LogP contribution in [0.15, 0.2) is 85.1 Å². The van der Waals surface area contributed by atoms with E-state index in [1.54, 1.807) is 36.5 Å². The van der Waals surface area contributed by atoms with Crippen molar-refractivity contribution in [3.05, 3.63) is 113 Å². The maximum Gasteiger partial charge on any atom is 0.258 e. The molecule has 0 aliphatic heterocycles. The zero-order chi connectivity index (χ0) is 27.7. The molecule has 2 amide bonds. The van der Waals surface area contributed by atoms with Crippen molar-refractivity contribution in [2.75, 3.05) is 24.7 Å². The normalized spacial score (nSPS) is 10.4. The summed E-state index contributed by atoms with van der Waals surface area (Å²) in [4.78, 5) is 32.5. The summed E-state index contributed by atoms with van der Waals surface area (Å²) in [5.74, 6) is -0.158. The summed E-state index contributed by atoms with van der Waals surface area (Å²) in [6.07, 6.45) is 1.69. The molecule has 4 rings (SSSR count). The van der Waals surface area contributed by atoms with E-state index in [0.29, 0.717) is 22.6 Å². The minimum Gasteiger partial charge on any atom is -0.321 e. The minimum absolute atomic E-state index is 0.269. The lowest BCUT2D eigenvalue weighted by Crippen LogP contribution is -2.19. The van der Waals surface area contributed by atoms with Crippen LogP contribution >= 0.6 is 0 Å². The van der Waals surface area contributed by atoms with Gasteiger partial charge in [0.2, 0.25) is 0 Å². The fraction of sp³-hybridized carbons (Fsp3) is 0.219. The lowest BCUT2D eigenvalue weighted by molar-refractivity contribution is 0.102. The molecule has 0 fully saturated rings. The molecule has 0 saturated heterocycles. The van der Waals surface area contributed by atoms with Crippen molar-refractivity contribution in [1.29, 1.82) is 0 Å². The maximum absolute atomic E-state index is 13.2. The first-order valence-corrected chi connectivity index (χ1v) is 12.8. The summed E-state index contributed by atoms with van der Waals surface area (Å²) in [5, 5.41) is 5.70. The number of nitrogens with zero attached hydrogens (tertiary/aromatic N) is 2. The standard InChI is InChI=1S/C30H30N4O2.C2H6/c1-20-13-16-28(31-18-20)33-30(36)26-11-7-8-12-27(26)32-29(35)24-15-14-22(17-21(24)2)25-10-6-5-9-23(25)19-34(3)4;1-2/h5-18H,19H2,1-4H3,(H,32,35)(H,31,33,36);1-2H3. The van der Waals surface area contributed by atoms with E-state index in [2.05, 4.69) is 32.7 Å². The molecule has 0 atom stereocenters. The van der Waals surface area contributed by atoms with Crippen molar-refractivity contribution in [1.82, 2.24) is 9.88 Å². The van der Waals surface area contributed by atoms with Gasteiger partial charge in [0, 0.05) is 18.3 Å². The monoisotopic (exact) mass is 508 g/mol. The summed E-state index contributed by atoms with van der Waals surface area (Å²) in [6, 6.07) is 24.7. The van der Waals surface area contributed by atoms with Gasteiger partial charge in [0.1, 0.15) is 5.82 Å². The Balaban J connectivity index is 0.00000195. The number of carbonyl (C=O) groups excluding carboxylic acids is 2. The van der Waals surface area contributed by atoms with Crippen LogP contribution in [0.1, 0.15) is 51.3 Å².